The van der Waals surface area contributed by atoms with Gasteiger partial charge in [0, 0.05) is 18.7 Å². The van der Waals surface area contributed by atoms with Gasteiger partial charge in [-0.05, 0) is 36.8 Å². The number of carbonyl (C=O) groups is 2. The molecule has 0 aliphatic rings. The summed E-state index contributed by atoms with van der Waals surface area (Å²) in [6, 6.07) is 16.5. The van der Waals surface area contributed by atoms with Crippen LogP contribution in [0, 0.1) is 6.92 Å². The molecule has 0 spiro atoms. The van der Waals surface area contributed by atoms with Gasteiger partial charge in [-0.1, -0.05) is 30.3 Å². The number of aryl methyl sites for hydroxylation is 1. The molecule has 2 aromatic carbocycles. The largest absolute Gasteiger partial charge is 0.492 e. The monoisotopic (exact) mass is 341 g/mol. The molecule has 0 unspecified atom stereocenters. The molecule has 0 aliphatic heterocycles. The molecule has 0 saturated heterocycles. The van der Waals surface area contributed by atoms with E-state index in [0.717, 1.165) is 11.3 Å². The average Bonchev–Trinajstić information content (AvgIpc) is 2.60. The fourth-order valence-corrected chi connectivity index (χ4v) is 2.14. The van der Waals surface area contributed by atoms with E-state index in [1.807, 2.05) is 49.4 Å². The highest BCUT2D eigenvalue weighted by Gasteiger charge is 2.04. The van der Waals surface area contributed by atoms with Crippen molar-refractivity contribution in [2.45, 2.75) is 13.3 Å². The second-order valence-corrected chi connectivity index (χ2v) is 5.51. The van der Waals surface area contributed by atoms with Crippen LogP contribution in [0.1, 0.15) is 12.0 Å². The van der Waals surface area contributed by atoms with Gasteiger partial charge in [0.05, 0.1) is 6.54 Å². The number of anilines is 1. The fraction of sp³-hybridized carbons (Fsp3) is 0.263. The van der Waals surface area contributed by atoms with Crippen LogP contribution in [0.5, 0.6) is 5.75 Å². The predicted molar refractivity (Wildman–Crippen MR) is 97.8 cm³/mol. The SMILES string of the molecule is Cc1cccc(OCCNC(=O)CCNC(=O)Nc2ccccc2)c1. The molecule has 132 valence electrons. The molecule has 0 saturated carbocycles. The van der Waals surface area contributed by atoms with Crippen molar-refractivity contribution in [2.75, 3.05) is 25.0 Å². The Bertz CT molecular complexity index is 689. The van der Waals surface area contributed by atoms with E-state index in [4.69, 9.17) is 4.74 Å². The maximum atomic E-state index is 11.7. The number of amides is 3. The second-order valence-electron chi connectivity index (χ2n) is 5.51. The van der Waals surface area contributed by atoms with Gasteiger partial charge in [-0.15, -0.1) is 0 Å². The number of ether oxygens (including phenoxy) is 1. The first-order chi connectivity index (χ1) is 12.1. The Morgan fingerprint density at radius 1 is 0.960 bits per heavy atom. The van der Waals surface area contributed by atoms with E-state index in [2.05, 4.69) is 16.0 Å². The number of hydrogen-bond acceptors (Lipinski definition) is 3. The van der Waals surface area contributed by atoms with Crippen LogP contribution in [0.3, 0.4) is 0 Å². The molecule has 0 aliphatic carbocycles. The van der Waals surface area contributed by atoms with E-state index in [1.165, 1.54) is 0 Å². The number of para-hydroxylation sites is 1. The minimum absolute atomic E-state index is 0.132. The molecule has 0 radical (unpaired) electrons. The van der Waals surface area contributed by atoms with Crippen LogP contribution >= 0.6 is 0 Å². The third-order valence-electron chi connectivity index (χ3n) is 3.35. The summed E-state index contributed by atoms with van der Waals surface area (Å²) in [5, 5.41) is 8.09. The number of rotatable bonds is 8. The molecular weight excluding hydrogens is 318 g/mol. The van der Waals surface area contributed by atoms with E-state index < -0.39 is 0 Å². The van der Waals surface area contributed by atoms with E-state index >= 15 is 0 Å². The first-order valence-electron chi connectivity index (χ1n) is 8.19. The lowest BCUT2D eigenvalue weighted by Gasteiger charge is -2.09. The van der Waals surface area contributed by atoms with Gasteiger partial charge in [-0.3, -0.25) is 4.79 Å². The minimum atomic E-state index is -0.332. The van der Waals surface area contributed by atoms with E-state index in [1.54, 1.807) is 12.1 Å². The molecule has 6 nitrogen and oxygen atoms in total. The zero-order valence-electron chi connectivity index (χ0n) is 14.2. The molecule has 2 aromatic rings. The summed E-state index contributed by atoms with van der Waals surface area (Å²) in [5.41, 5.74) is 1.83. The summed E-state index contributed by atoms with van der Waals surface area (Å²) in [6.07, 6.45) is 0.215. The quantitative estimate of drug-likeness (QED) is 0.646. The van der Waals surface area contributed by atoms with E-state index in [-0.39, 0.29) is 24.9 Å². The van der Waals surface area contributed by atoms with Gasteiger partial charge in [-0.25, -0.2) is 4.79 Å². The van der Waals surface area contributed by atoms with Gasteiger partial charge in [0.1, 0.15) is 12.4 Å². The van der Waals surface area contributed by atoms with Crippen LogP contribution in [-0.4, -0.2) is 31.6 Å². The molecular formula is C19H23N3O3. The Morgan fingerprint density at radius 2 is 1.76 bits per heavy atom. The summed E-state index contributed by atoms with van der Waals surface area (Å²) >= 11 is 0. The Morgan fingerprint density at radius 3 is 2.52 bits per heavy atom. The molecule has 6 heteroatoms. The van der Waals surface area contributed by atoms with Crippen LogP contribution in [0.25, 0.3) is 0 Å². The number of hydrogen-bond donors (Lipinski definition) is 3. The first-order valence-corrected chi connectivity index (χ1v) is 8.19. The maximum Gasteiger partial charge on any atom is 0.319 e. The Hall–Kier alpha value is -3.02. The standard InChI is InChI=1S/C19H23N3O3/c1-15-6-5-9-17(14-15)25-13-12-20-18(23)10-11-21-19(24)22-16-7-3-2-4-8-16/h2-9,14H,10-13H2,1H3,(H,20,23)(H2,21,22,24). The highest BCUT2D eigenvalue weighted by Crippen LogP contribution is 2.11. The van der Waals surface area contributed by atoms with Crippen LogP contribution in [0.4, 0.5) is 10.5 Å². The van der Waals surface area contributed by atoms with Crippen LogP contribution in [0.2, 0.25) is 0 Å². The summed E-state index contributed by atoms with van der Waals surface area (Å²) in [6.45, 7) is 3.08. The number of nitrogens with one attached hydrogen (secondary N) is 3. The van der Waals surface area contributed by atoms with Crippen molar-refractivity contribution < 1.29 is 14.3 Å². The lowest BCUT2D eigenvalue weighted by molar-refractivity contribution is -0.121. The molecule has 0 atom stereocenters. The average molecular weight is 341 g/mol. The van der Waals surface area contributed by atoms with Gasteiger partial charge in [-0.2, -0.15) is 0 Å². The topological polar surface area (TPSA) is 79.5 Å². The maximum absolute atomic E-state index is 11.7. The smallest absolute Gasteiger partial charge is 0.319 e. The van der Waals surface area contributed by atoms with Gasteiger partial charge in [0.15, 0.2) is 0 Å². The van der Waals surface area contributed by atoms with E-state index in [9.17, 15) is 9.59 Å². The molecule has 25 heavy (non-hydrogen) atoms. The molecule has 0 fully saturated rings. The molecule has 0 heterocycles. The second kappa shape index (κ2) is 9.97. The lowest BCUT2D eigenvalue weighted by atomic mass is 10.2. The van der Waals surface area contributed by atoms with Crippen molar-refractivity contribution in [1.29, 1.82) is 0 Å². The third kappa shape index (κ3) is 7.39. The highest BCUT2D eigenvalue weighted by molar-refractivity contribution is 5.89. The first kappa shape index (κ1) is 18.3. The normalized spacial score (nSPS) is 9.96. The van der Waals surface area contributed by atoms with Crippen molar-refractivity contribution >= 4 is 17.6 Å². The fourth-order valence-electron chi connectivity index (χ4n) is 2.14. The van der Waals surface area contributed by atoms with E-state index in [0.29, 0.717) is 18.8 Å². The van der Waals surface area contributed by atoms with Gasteiger partial charge < -0.3 is 20.7 Å². The van der Waals surface area contributed by atoms with Crippen molar-refractivity contribution in [3.63, 3.8) is 0 Å². The predicted octanol–water partition coefficient (Wildman–Crippen LogP) is 2.70. The summed E-state index contributed by atoms with van der Waals surface area (Å²) in [7, 11) is 0. The van der Waals surface area contributed by atoms with Crippen LogP contribution < -0.4 is 20.7 Å². The Labute approximate surface area is 147 Å². The lowest BCUT2D eigenvalue weighted by Crippen LogP contribution is -2.34. The van der Waals surface area contributed by atoms with Gasteiger partial charge in [0.25, 0.3) is 0 Å². The van der Waals surface area contributed by atoms with Crippen molar-refractivity contribution in [3.8, 4) is 5.75 Å². The summed E-state index contributed by atoms with van der Waals surface area (Å²) < 4.78 is 5.55. The van der Waals surface area contributed by atoms with Crippen LogP contribution in [0.15, 0.2) is 54.6 Å². The zero-order chi connectivity index (χ0) is 17.9. The Balaban J connectivity index is 1.54. The summed E-state index contributed by atoms with van der Waals surface area (Å²) in [4.78, 5) is 23.4. The van der Waals surface area contributed by atoms with Crippen LogP contribution in [-0.2, 0) is 4.79 Å². The number of benzene rings is 2. The summed E-state index contributed by atoms with van der Waals surface area (Å²) in [5.74, 6) is 0.654. The number of carbonyl (C=O) groups excluding carboxylic acids is 2. The molecule has 0 aromatic heterocycles. The highest BCUT2D eigenvalue weighted by atomic mass is 16.5. The number of urea groups is 1. The molecule has 3 N–H and O–H groups in total. The third-order valence-corrected chi connectivity index (χ3v) is 3.35. The molecule has 0 bridgehead atoms. The Kier molecular flexibility index (Phi) is 7.31. The van der Waals surface area contributed by atoms with Gasteiger partial charge >= 0.3 is 6.03 Å². The van der Waals surface area contributed by atoms with Gasteiger partial charge in [0.2, 0.25) is 5.91 Å². The van der Waals surface area contributed by atoms with Crippen molar-refractivity contribution in [1.82, 2.24) is 10.6 Å². The molecule has 3 amide bonds. The van der Waals surface area contributed by atoms with Crippen molar-refractivity contribution in [3.05, 3.63) is 60.2 Å². The molecule has 2 rings (SSSR count). The zero-order valence-corrected chi connectivity index (χ0v) is 14.2. The minimum Gasteiger partial charge on any atom is -0.492 e. The van der Waals surface area contributed by atoms with Crippen molar-refractivity contribution in [2.24, 2.45) is 0 Å².